The van der Waals surface area contributed by atoms with Crippen LogP contribution in [0.15, 0.2) is 4.99 Å². The van der Waals surface area contributed by atoms with E-state index < -0.39 is 0 Å². The monoisotopic (exact) mass is 394 g/mol. The molecule has 0 spiro atoms. The summed E-state index contributed by atoms with van der Waals surface area (Å²) >= 11 is 0. The summed E-state index contributed by atoms with van der Waals surface area (Å²) in [4.78, 5) is 7.00. The summed E-state index contributed by atoms with van der Waals surface area (Å²) in [5.74, 6) is 1.61. The second-order valence-corrected chi connectivity index (χ2v) is 6.41. The summed E-state index contributed by atoms with van der Waals surface area (Å²) in [7, 11) is 1.86. The van der Waals surface area contributed by atoms with Crippen molar-refractivity contribution in [3.8, 4) is 0 Å². The minimum absolute atomic E-state index is 0. The molecule has 5 heteroatoms. The molecule has 1 saturated heterocycles. The molecule has 20 heavy (non-hydrogen) atoms. The number of aliphatic imine (C=N–C) groups is 1. The van der Waals surface area contributed by atoms with Crippen LogP contribution in [0.5, 0.6) is 0 Å². The van der Waals surface area contributed by atoms with Crippen LogP contribution in [0.2, 0.25) is 0 Å². The van der Waals surface area contributed by atoms with E-state index in [2.05, 4.69) is 34.4 Å². The molecule has 118 valence electrons. The maximum absolute atomic E-state index is 4.32. The summed E-state index contributed by atoms with van der Waals surface area (Å²) in [6.45, 7) is 7.87. The van der Waals surface area contributed by atoms with Gasteiger partial charge in [-0.05, 0) is 25.2 Å². The van der Waals surface area contributed by atoms with Gasteiger partial charge in [0.1, 0.15) is 0 Å². The third-order valence-electron chi connectivity index (χ3n) is 4.30. The van der Waals surface area contributed by atoms with Crippen LogP contribution in [0, 0.1) is 5.92 Å². The first-order chi connectivity index (χ1) is 9.19. The van der Waals surface area contributed by atoms with E-state index in [0.29, 0.717) is 12.0 Å². The Labute approximate surface area is 141 Å². The van der Waals surface area contributed by atoms with Crippen molar-refractivity contribution < 1.29 is 0 Å². The molecule has 0 aromatic heterocycles. The second-order valence-electron chi connectivity index (χ2n) is 6.41. The van der Waals surface area contributed by atoms with Gasteiger partial charge in [-0.2, -0.15) is 0 Å². The lowest BCUT2D eigenvalue weighted by molar-refractivity contribution is 0.242. The van der Waals surface area contributed by atoms with Gasteiger partial charge in [0.05, 0.1) is 0 Å². The Bertz CT molecular complexity index is 300. The zero-order chi connectivity index (χ0) is 13.7. The van der Waals surface area contributed by atoms with E-state index in [-0.39, 0.29) is 24.0 Å². The van der Waals surface area contributed by atoms with Crippen molar-refractivity contribution in [3.63, 3.8) is 0 Å². The maximum Gasteiger partial charge on any atom is 0.191 e. The Kier molecular flexibility index (Phi) is 8.17. The highest BCUT2D eigenvalue weighted by atomic mass is 127. The van der Waals surface area contributed by atoms with Crippen molar-refractivity contribution in [2.45, 2.75) is 58.0 Å². The molecule has 1 aliphatic carbocycles. The second kappa shape index (κ2) is 9.07. The van der Waals surface area contributed by atoms with E-state index in [1.165, 1.54) is 45.2 Å². The summed E-state index contributed by atoms with van der Waals surface area (Å²) in [5, 5.41) is 6.97. The molecule has 0 bridgehead atoms. The third kappa shape index (κ3) is 5.39. The van der Waals surface area contributed by atoms with Crippen molar-refractivity contribution >= 4 is 29.9 Å². The molecule has 0 radical (unpaired) electrons. The topological polar surface area (TPSA) is 39.7 Å². The van der Waals surface area contributed by atoms with Crippen LogP contribution in [0.4, 0.5) is 0 Å². The maximum atomic E-state index is 4.32. The molecule has 2 aliphatic rings. The van der Waals surface area contributed by atoms with Gasteiger partial charge in [-0.1, -0.05) is 26.7 Å². The fourth-order valence-corrected chi connectivity index (χ4v) is 3.19. The first-order valence-electron chi connectivity index (χ1n) is 7.90. The van der Waals surface area contributed by atoms with E-state index in [9.17, 15) is 0 Å². The minimum atomic E-state index is 0. The van der Waals surface area contributed by atoms with Crippen LogP contribution in [0.3, 0.4) is 0 Å². The fourth-order valence-electron chi connectivity index (χ4n) is 3.19. The van der Waals surface area contributed by atoms with Crippen molar-refractivity contribution in [2.75, 3.05) is 26.7 Å². The van der Waals surface area contributed by atoms with Gasteiger partial charge in [0.15, 0.2) is 5.96 Å². The Morgan fingerprint density at radius 2 is 1.95 bits per heavy atom. The van der Waals surface area contributed by atoms with Crippen LogP contribution in [0.25, 0.3) is 0 Å². The van der Waals surface area contributed by atoms with Crippen LogP contribution in [-0.2, 0) is 0 Å². The van der Waals surface area contributed by atoms with Gasteiger partial charge in [-0.15, -0.1) is 24.0 Å². The highest BCUT2D eigenvalue weighted by Crippen LogP contribution is 2.26. The van der Waals surface area contributed by atoms with Gasteiger partial charge in [0.25, 0.3) is 0 Å². The molecular formula is C15H31IN4. The van der Waals surface area contributed by atoms with E-state index in [1.54, 1.807) is 0 Å². The predicted molar refractivity (Wildman–Crippen MR) is 97.0 cm³/mol. The molecular weight excluding hydrogens is 363 g/mol. The molecule has 2 N–H and O–H groups in total. The lowest BCUT2D eigenvalue weighted by atomic mass is 10.2. The standard InChI is InChI=1S/C15H30N4.HI/c1-12(2)10-17-15(16-3)18-13-8-9-19(11-13)14-6-4-5-7-14;/h12-14H,4-11H2,1-3H3,(H2,16,17,18);1H. The van der Waals surface area contributed by atoms with Gasteiger partial charge in [0, 0.05) is 38.8 Å². The third-order valence-corrected chi connectivity index (χ3v) is 4.30. The summed E-state index contributed by atoms with van der Waals surface area (Å²) in [6, 6.07) is 1.43. The fraction of sp³-hybridized carbons (Fsp3) is 0.933. The van der Waals surface area contributed by atoms with E-state index >= 15 is 0 Å². The molecule has 2 rings (SSSR count). The zero-order valence-corrected chi connectivity index (χ0v) is 15.5. The first kappa shape index (κ1) is 18.0. The van der Waals surface area contributed by atoms with Gasteiger partial charge in [-0.3, -0.25) is 9.89 Å². The summed E-state index contributed by atoms with van der Waals surface area (Å²) in [6.07, 6.45) is 6.92. The normalized spacial score (nSPS) is 25.0. The number of nitrogens with one attached hydrogen (secondary N) is 2. The van der Waals surface area contributed by atoms with Gasteiger partial charge < -0.3 is 10.6 Å². The van der Waals surface area contributed by atoms with Crippen molar-refractivity contribution in [1.29, 1.82) is 0 Å². The molecule has 1 aliphatic heterocycles. The molecule has 0 amide bonds. The average molecular weight is 394 g/mol. The molecule has 1 atom stereocenters. The molecule has 1 heterocycles. The van der Waals surface area contributed by atoms with Crippen molar-refractivity contribution in [2.24, 2.45) is 10.9 Å². The highest BCUT2D eigenvalue weighted by molar-refractivity contribution is 14.0. The zero-order valence-electron chi connectivity index (χ0n) is 13.2. The van der Waals surface area contributed by atoms with Crippen molar-refractivity contribution in [3.05, 3.63) is 0 Å². The smallest absolute Gasteiger partial charge is 0.191 e. The lowest BCUT2D eigenvalue weighted by Crippen LogP contribution is -2.46. The van der Waals surface area contributed by atoms with Crippen LogP contribution >= 0.6 is 24.0 Å². The largest absolute Gasteiger partial charge is 0.356 e. The molecule has 2 fully saturated rings. The average Bonchev–Trinajstić information content (AvgIpc) is 3.04. The Morgan fingerprint density at radius 1 is 1.25 bits per heavy atom. The van der Waals surface area contributed by atoms with Gasteiger partial charge in [-0.25, -0.2) is 0 Å². The number of rotatable bonds is 4. The Hall–Kier alpha value is -0.0400. The summed E-state index contributed by atoms with van der Waals surface area (Å²) in [5.41, 5.74) is 0. The van der Waals surface area contributed by atoms with Gasteiger partial charge in [0.2, 0.25) is 0 Å². The predicted octanol–water partition coefficient (Wildman–Crippen LogP) is 2.44. The molecule has 1 unspecified atom stereocenters. The SMILES string of the molecule is CN=C(NCC(C)C)NC1CCN(C2CCCC2)C1.I. The minimum Gasteiger partial charge on any atom is -0.356 e. The number of likely N-dealkylation sites (tertiary alicyclic amines) is 1. The van der Waals surface area contributed by atoms with Crippen LogP contribution < -0.4 is 10.6 Å². The molecule has 0 aromatic rings. The Balaban J connectivity index is 0.00000200. The number of hydrogen-bond acceptors (Lipinski definition) is 2. The molecule has 0 aromatic carbocycles. The van der Waals surface area contributed by atoms with Crippen molar-refractivity contribution in [1.82, 2.24) is 15.5 Å². The lowest BCUT2D eigenvalue weighted by Gasteiger charge is -2.24. The number of guanidine groups is 1. The highest BCUT2D eigenvalue weighted by Gasteiger charge is 2.30. The van der Waals surface area contributed by atoms with Crippen LogP contribution in [0.1, 0.15) is 46.0 Å². The van der Waals surface area contributed by atoms with Crippen LogP contribution in [-0.4, -0.2) is 49.6 Å². The van der Waals surface area contributed by atoms with E-state index in [4.69, 9.17) is 0 Å². The first-order valence-corrected chi connectivity index (χ1v) is 7.90. The molecule has 4 nitrogen and oxygen atoms in total. The van der Waals surface area contributed by atoms with Gasteiger partial charge >= 0.3 is 0 Å². The Morgan fingerprint density at radius 3 is 2.55 bits per heavy atom. The molecule has 1 saturated carbocycles. The number of nitrogens with zero attached hydrogens (tertiary/aromatic N) is 2. The number of halogens is 1. The summed E-state index contributed by atoms with van der Waals surface area (Å²) < 4.78 is 0. The number of hydrogen-bond donors (Lipinski definition) is 2. The van der Waals surface area contributed by atoms with E-state index in [1.807, 2.05) is 7.05 Å². The van der Waals surface area contributed by atoms with E-state index in [0.717, 1.165) is 18.5 Å². The quantitative estimate of drug-likeness (QED) is 0.437.